The maximum Gasteiger partial charge on any atom is 0.0849 e. The molecule has 1 N–H and O–H groups in total. The van der Waals surface area contributed by atoms with E-state index in [1.165, 1.54) is 5.56 Å². The van der Waals surface area contributed by atoms with Gasteiger partial charge >= 0.3 is 0 Å². The number of hydrogen-bond donors (Lipinski definition) is 1. The van der Waals surface area contributed by atoms with Gasteiger partial charge in [-0.05, 0) is 37.9 Å². The monoisotopic (exact) mass is 261 g/mol. The van der Waals surface area contributed by atoms with Gasteiger partial charge in [-0.1, -0.05) is 50.3 Å². The summed E-state index contributed by atoms with van der Waals surface area (Å²) in [6.45, 7) is 7.90. The van der Waals surface area contributed by atoms with Gasteiger partial charge < -0.3 is 5.11 Å². The van der Waals surface area contributed by atoms with Gasteiger partial charge in [-0.2, -0.15) is 0 Å². The summed E-state index contributed by atoms with van der Waals surface area (Å²) >= 11 is 0. The molecule has 0 spiro atoms. The normalized spacial score (nSPS) is 13.1. The maximum absolute atomic E-state index is 10.4. The standard InChI is InChI=1S/C17H27NO/c1-5-17(19,6-2)15(3)12-13-18(4)14-16-10-8-7-9-11-16/h7-12,19H,5-6,13-14H2,1-4H3/b15-12-. The van der Waals surface area contributed by atoms with Crippen LogP contribution in [0.25, 0.3) is 0 Å². The SMILES string of the molecule is CCC(O)(CC)/C(C)=C\CN(C)Cc1ccccc1. The van der Waals surface area contributed by atoms with Gasteiger partial charge in [-0.3, -0.25) is 4.90 Å². The molecule has 2 heteroatoms. The molecule has 0 saturated heterocycles. The van der Waals surface area contributed by atoms with Crippen LogP contribution in [0.3, 0.4) is 0 Å². The molecule has 0 bridgehead atoms. The summed E-state index contributed by atoms with van der Waals surface area (Å²) in [6, 6.07) is 10.5. The van der Waals surface area contributed by atoms with E-state index in [9.17, 15) is 5.11 Å². The molecule has 2 nitrogen and oxygen atoms in total. The Morgan fingerprint density at radius 1 is 1.21 bits per heavy atom. The third-order valence-corrected chi connectivity index (χ3v) is 3.91. The molecular weight excluding hydrogens is 234 g/mol. The average Bonchev–Trinajstić information content (AvgIpc) is 2.45. The smallest absolute Gasteiger partial charge is 0.0849 e. The molecule has 0 unspecified atom stereocenters. The van der Waals surface area contributed by atoms with Crippen LogP contribution in [-0.2, 0) is 6.54 Å². The van der Waals surface area contributed by atoms with Crippen LogP contribution in [-0.4, -0.2) is 29.2 Å². The molecule has 0 aromatic heterocycles. The van der Waals surface area contributed by atoms with Gasteiger partial charge in [0.1, 0.15) is 0 Å². The minimum atomic E-state index is -0.631. The van der Waals surface area contributed by atoms with Crippen molar-refractivity contribution in [3.05, 3.63) is 47.5 Å². The topological polar surface area (TPSA) is 23.5 Å². The number of hydrogen-bond acceptors (Lipinski definition) is 2. The van der Waals surface area contributed by atoms with Crippen molar-refractivity contribution in [3.8, 4) is 0 Å². The molecule has 0 saturated carbocycles. The zero-order valence-electron chi connectivity index (χ0n) is 12.7. The van der Waals surface area contributed by atoms with E-state index < -0.39 is 5.60 Å². The molecule has 0 aliphatic carbocycles. The van der Waals surface area contributed by atoms with Crippen molar-refractivity contribution < 1.29 is 5.11 Å². The summed E-state index contributed by atoms with van der Waals surface area (Å²) in [7, 11) is 2.10. The Hall–Kier alpha value is -1.12. The molecule has 0 radical (unpaired) electrons. The number of nitrogens with zero attached hydrogens (tertiary/aromatic N) is 1. The van der Waals surface area contributed by atoms with E-state index in [1.54, 1.807) is 0 Å². The van der Waals surface area contributed by atoms with Gasteiger partial charge in [-0.15, -0.1) is 0 Å². The number of aliphatic hydroxyl groups is 1. The number of rotatable bonds is 7. The average molecular weight is 261 g/mol. The highest BCUT2D eigenvalue weighted by atomic mass is 16.3. The van der Waals surface area contributed by atoms with E-state index in [4.69, 9.17) is 0 Å². The van der Waals surface area contributed by atoms with Gasteiger partial charge in [-0.25, -0.2) is 0 Å². The fourth-order valence-electron chi connectivity index (χ4n) is 2.25. The second kappa shape index (κ2) is 7.46. The van der Waals surface area contributed by atoms with E-state index in [2.05, 4.69) is 42.3 Å². The van der Waals surface area contributed by atoms with Crippen LogP contribution in [0, 0.1) is 0 Å². The molecule has 0 aliphatic rings. The first-order valence-corrected chi connectivity index (χ1v) is 7.14. The van der Waals surface area contributed by atoms with E-state index >= 15 is 0 Å². The lowest BCUT2D eigenvalue weighted by Gasteiger charge is -2.27. The van der Waals surface area contributed by atoms with E-state index in [1.807, 2.05) is 26.8 Å². The Balaban J connectivity index is 2.56. The summed E-state index contributed by atoms with van der Waals surface area (Å²) in [4.78, 5) is 2.25. The molecule has 0 atom stereocenters. The summed E-state index contributed by atoms with van der Waals surface area (Å²) in [5.41, 5.74) is 1.77. The Morgan fingerprint density at radius 3 is 2.32 bits per heavy atom. The van der Waals surface area contributed by atoms with Gasteiger partial charge in [0.2, 0.25) is 0 Å². The lowest BCUT2D eigenvalue weighted by Crippen LogP contribution is -2.29. The van der Waals surface area contributed by atoms with Gasteiger partial charge in [0, 0.05) is 13.1 Å². The summed E-state index contributed by atoms with van der Waals surface area (Å²) < 4.78 is 0. The molecular formula is C17H27NO. The van der Waals surface area contributed by atoms with Crippen molar-refractivity contribution in [1.82, 2.24) is 4.90 Å². The van der Waals surface area contributed by atoms with E-state index in [-0.39, 0.29) is 0 Å². The summed E-state index contributed by atoms with van der Waals surface area (Å²) in [5.74, 6) is 0. The molecule has 0 heterocycles. The highest BCUT2D eigenvalue weighted by Gasteiger charge is 2.23. The van der Waals surface area contributed by atoms with Crippen LogP contribution in [0.2, 0.25) is 0 Å². The Morgan fingerprint density at radius 2 is 1.79 bits per heavy atom. The maximum atomic E-state index is 10.4. The lowest BCUT2D eigenvalue weighted by atomic mass is 9.89. The second-order valence-corrected chi connectivity index (χ2v) is 5.31. The summed E-state index contributed by atoms with van der Waals surface area (Å²) in [6.07, 6.45) is 3.69. The molecule has 0 amide bonds. The third kappa shape index (κ3) is 4.81. The van der Waals surface area contributed by atoms with Gasteiger partial charge in [0.05, 0.1) is 5.60 Å². The Bertz CT molecular complexity index is 393. The molecule has 19 heavy (non-hydrogen) atoms. The lowest BCUT2D eigenvalue weighted by molar-refractivity contribution is 0.0696. The molecule has 0 aliphatic heterocycles. The van der Waals surface area contributed by atoms with Crippen molar-refractivity contribution in [2.24, 2.45) is 0 Å². The molecule has 106 valence electrons. The molecule has 1 aromatic carbocycles. The summed E-state index contributed by atoms with van der Waals surface area (Å²) in [5, 5.41) is 10.4. The van der Waals surface area contributed by atoms with Crippen LogP contribution < -0.4 is 0 Å². The van der Waals surface area contributed by atoms with Gasteiger partial charge in [0.25, 0.3) is 0 Å². The Labute approximate surface area is 117 Å². The zero-order chi connectivity index (χ0) is 14.3. The number of likely N-dealkylation sites (N-methyl/N-ethyl adjacent to an activating group) is 1. The Kier molecular flexibility index (Phi) is 6.26. The molecule has 1 rings (SSSR count). The van der Waals surface area contributed by atoms with Crippen LogP contribution in [0.1, 0.15) is 39.2 Å². The van der Waals surface area contributed by atoms with Crippen LogP contribution in [0.15, 0.2) is 42.0 Å². The van der Waals surface area contributed by atoms with Gasteiger partial charge in [0.15, 0.2) is 0 Å². The van der Waals surface area contributed by atoms with E-state index in [0.717, 1.165) is 31.5 Å². The zero-order valence-corrected chi connectivity index (χ0v) is 12.7. The number of benzene rings is 1. The van der Waals surface area contributed by atoms with Crippen molar-refractivity contribution in [3.63, 3.8) is 0 Å². The first kappa shape index (κ1) is 15.9. The van der Waals surface area contributed by atoms with Crippen LogP contribution in [0.5, 0.6) is 0 Å². The first-order valence-electron chi connectivity index (χ1n) is 7.14. The second-order valence-electron chi connectivity index (χ2n) is 5.31. The molecule has 1 aromatic rings. The highest BCUT2D eigenvalue weighted by Crippen LogP contribution is 2.24. The fourth-order valence-corrected chi connectivity index (χ4v) is 2.25. The predicted octanol–water partition coefficient (Wildman–Crippen LogP) is 3.62. The third-order valence-electron chi connectivity index (χ3n) is 3.91. The van der Waals surface area contributed by atoms with Crippen LogP contribution >= 0.6 is 0 Å². The van der Waals surface area contributed by atoms with Crippen molar-refractivity contribution >= 4 is 0 Å². The van der Waals surface area contributed by atoms with Crippen molar-refractivity contribution in [1.29, 1.82) is 0 Å². The minimum Gasteiger partial charge on any atom is -0.386 e. The minimum absolute atomic E-state index is 0.631. The van der Waals surface area contributed by atoms with Crippen molar-refractivity contribution in [2.75, 3.05) is 13.6 Å². The quantitative estimate of drug-likeness (QED) is 0.758. The molecule has 0 fully saturated rings. The predicted molar refractivity (Wildman–Crippen MR) is 82.1 cm³/mol. The first-order chi connectivity index (χ1) is 9.01. The fraction of sp³-hybridized carbons (Fsp3) is 0.529. The van der Waals surface area contributed by atoms with Crippen molar-refractivity contribution in [2.45, 2.75) is 45.8 Å². The largest absolute Gasteiger partial charge is 0.386 e. The highest BCUT2D eigenvalue weighted by molar-refractivity contribution is 5.16. The van der Waals surface area contributed by atoms with Crippen LogP contribution in [0.4, 0.5) is 0 Å². The van der Waals surface area contributed by atoms with E-state index in [0.29, 0.717) is 0 Å².